The summed E-state index contributed by atoms with van der Waals surface area (Å²) in [6.07, 6.45) is 3.33. The van der Waals surface area contributed by atoms with Gasteiger partial charge in [-0.1, -0.05) is 17.3 Å². The summed E-state index contributed by atoms with van der Waals surface area (Å²) in [4.78, 5) is 12.2. The van der Waals surface area contributed by atoms with Crippen molar-refractivity contribution in [1.82, 2.24) is 15.0 Å². The zero-order valence-corrected chi connectivity index (χ0v) is 13.1. The van der Waals surface area contributed by atoms with E-state index in [4.69, 9.17) is 0 Å². The van der Waals surface area contributed by atoms with E-state index >= 15 is 0 Å². The maximum atomic E-state index is 12.2. The van der Waals surface area contributed by atoms with Gasteiger partial charge in [0.1, 0.15) is 0 Å². The Bertz CT molecular complexity index is 738. The van der Waals surface area contributed by atoms with Gasteiger partial charge in [0.05, 0.1) is 32.2 Å². The van der Waals surface area contributed by atoms with Crippen LogP contribution in [0, 0.1) is 2.88 Å². The second-order valence-corrected chi connectivity index (χ2v) is 6.76. The molecule has 0 atom stereocenters. The zero-order chi connectivity index (χ0) is 13.9. The van der Waals surface area contributed by atoms with Crippen molar-refractivity contribution in [3.63, 3.8) is 0 Å². The van der Waals surface area contributed by atoms with E-state index in [-0.39, 0.29) is 5.91 Å². The molecular weight excluding hydrogens is 387 g/mol. The summed E-state index contributed by atoms with van der Waals surface area (Å²) in [5.41, 5.74) is 2.14. The Morgan fingerprint density at radius 3 is 2.90 bits per heavy atom. The Hall–Kier alpha value is -1.74. The quantitative estimate of drug-likeness (QED) is 0.692. The van der Waals surface area contributed by atoms with Crippen molar-refractivity contribution in [2.75, 3.05) is 5.32 Å². The molecule has 0 saturated heterocycles. The average molecular weight is 396 g/mol. The van der Waals surface area contributed by atoms with Crippen molar-refractivity contribution in [2.24, 2.45) is 0 Å². The number of benzene rings is 1. The van der Waals surface area contributed by atoms with Gasteiger partial charge in [-0.15, -0.1) is 16.4 Å². The lowest BCUT2D eigenvalue weighted by Gasteiger charge is -2.09. The first kappa shape index (κ1) is 13.3. The topological polar surface area (TPSA) is 59.8 Å². The van der Waals surface area contributed by atoms with Crippen molar-refractivity contribution in [3.05, 3.63) is 56.6 Å². The zero-order valence-electron chi connectivity index (χ0n) is 10.2. The van der Waals surface area contributed by atoms with Gasteiger partial charge in [-0.05, 0) is 40.8 Å². The van der Waals surface area contributed by atoms with E-state index < -0.39 is 0 Å². The number of nitrogens with zero attached hydrogens (tertiary/aromatic N) is 3. The van der Waals surface area contributed by atoms with E-state index in [1.807, 2.05) is 35.7 Å². The van der Waals surface area contributed by atoms with Crippen LogP contribution in [0.5, 0.6) is 0 Å². The molecule has 20 heavy (non-hydrogen) atoms. The van der Waals surface area contributed by atoms with Crippen molar-refractivity contribution in [3.8, 4) is 5.69 Å². The molecule has 7 heteroatoms. The average Bonchev–Trinajstić information content (AvgIpc) is 3.10. The van der Waals surface area contributed by atoms with Crippen LogP contribution in [0.15, 0.2) is 48.1 Å². The third kappa shape index (κ3) is 2.73. The van der Waals surface area contributed by atoms with Crippen LogP contribution in [0.4, 0.5) is 5.69 Å². The van der Waals surface area contributed by atoms with E-state index in [1.54, 1.807) is 28.4 Å². The van der Waals surface area contributed by atoms with Crippen LogP contribution in [0.1, 0.15) is 10.4 Å². The number of anilines is 1. The van der Waals surface area contributed by atoms with Crippen LogP contribution >= 0.6 is 33.9 Å². The molecular formula is C13H9IN4OS. The second kappa shape index (κ2) is 5.71. The highest BCUT2D eigenvalue weighted by molar-refractivity contribution is 14.1. The lowest BCUT2D eigenvalue weighted by molar-refractivity contribution is 0.102. The van der Waals surface area contributed by atoms with Crippen LogP contribution in [-0.4, -0.2) is 20.9 Å². The number of aromatic nitrogens is 3. The first-order valence-electron chi connectivity index (χ1n) is 5.75. The van der Waals surface area contributed by atoms with Crippen LogP contribution in [0.3, 0.4) is 0 Å². The smallest absolute Gasteiger partial charge is 0.256 e. The number of amides is 1. The first-order valence-corrected chi connectivity index (χ1v) is 7.71. The van der Waals surface area contributed by atoms with E-state index in [0.717, 1.165) is 8.57 Å². The summed E-state index contributed by atoms with van der Waals surface area (Å²) < 4.78 is 2.70. The molecule has 0 unspecified atom stereocenters. The Balaban J connectivity index is 1.90. The Labute approximate surface area is 132 Å². The fourth-order valence-electron chi connectivity index (χ4n) is 1.74. The molecule has 0 saturated carbocycles. The standard InChI is InChI=1S/C13H9IN4OS/c14-12-7-9(8-20-12)13(19)16-10-3-1-2-4-11(10)18-6-5-15-17-18/h1-8H,(H,16,19). The highest BCUT2D eigenvalue weighted by Gasteiger charge is 2.11. The van der Waals surface area contributed by atoms with Gasteiger partial charge in [0, 0.05) is 5.38 Å². The molecule has 2 aromatic heterocycles. The maximum Gasteiger partial charge on any atom is 0.256 e. The number of carbonyl (C=O) groups is 1. The number of hydrogen-bond acceptors (Lipinski definition) is 4. The first-order chi connectivity index (χ1) is 9.74. The summed E-state index contributed by atoms with van der Waals surface area (Å²) >= 11 is 3.74. The van der Waals surface area contributed by atoms with E-state index in [1.165, 1.54) is 0 Å². The fraction of sp³-hybridized carbons (Fsp3) is 0. The lowest BCUT2D eigenvalue weighted by Crippen LogP contribution is -2.13. The summed E-state index contributed by atoms with van der Waals surface area (Å²) in [6.45, 7) is 0. The number of nitrogens with one attached hydrogen (secondary N) is 1. The summed E-state index contributed by atoms with van der Waals surface area (Å²) in [5.74, 6) is -0.128. The normalized spacial score (nSPS) is 10.4. The molecule has 1 N–H and O–H groups in total. The number of rotatable bonds is 3. The molecule has 0 bridgehead atoms. The second-order valence-electron chi connectivity index (χ2n) is 3.96. The largest absolute Gasteiger partial charge is 0.320 e. The highest BCUT2D eigenvalue weighted by atomic mass is 127. The molecule has 1 aromatic carbocycles. The number of halogens is 1. The predicted octanol–water partition coefficient (Wildman–Crippen LogP) is 3.19. The van der Waals surface area contributed by atoms with Gasteiger partial charge in [-0.25, -0.2) is 4.68 Å². The van der Waals surface area contributed by atoms with E-state index in [0.29, 0.717) is 11.3 Å². The fourth-order valence-corrected chi connectivity index (χ4v) is 3.07. The molecule has 0 aliphatic rings. The molecule has 1 amide bonds. The predicted molar refractivity (Wildman–Crippen MR) is 86.3 cm³/mol. The molecule has 3 rings (SSSR count). The summed E-state index contributed by atoms with van der Waals surface area (Å²) in [5, 5.41) is 12.5. The molecule has 0 radical (unpaired) electrons. The van der Waals surface area contributed by atoms with Crippen LogP contribution in [-0.2, 0) is 0 Å². The molecule has 0 spiro atoms. The molecule has 2 heterocycles. The van der Waals surface area contributed by atoms with Gasteiger partial charge >= 0.3 is 0 Å². The van der Waals surface area contributed by atoms with Gasteiger partial charge in [0.2, 0.25) is 0 Å². The Morgan fingerprint density at radius 1 is 1.35 bits per heavy atom. The van der Waals surface area contributed by atoms with E-state index in [2.05, 4.69) is 38.2 Å². The number of hydrogen-bond donors (Lipinski definition) is 1. The SMILES string of the molecule is O=C(Nc1ccccc1-n1ccnn1)c1csc(I)c1. The monoisotopic (exact) mass is 396 g/mol. The van der Waals surface area contributed by atoms with Crippen LogP contribution in [0.25, 0.3) is 5.69 Å². The minimum atomic E-state index is -0.128. The number of para-hydroxylation sites is 2. The molecule has 0 aliphatic carbocycles. The van der Waals surface area contributed by atoms with Gasteiger partial charge in [-0.2, -0.15) is 0 Å². The third-order valence-corrected chi connectivity index (χ3v) is 4.44. The van der Waals surface area contributed by atoms with Gasteiger partial charge in [0.25, 0.3) is 5.91 Å². The molecule has 5 nitrogen and oxygen atoms in total. The molecule has 3 aromatic rings. The van der Waals surface area contributed by atoms with Crippen molar-refractivity contribution < 1.29 is 4.79 Å². The molecule has 100 valence electrons. The summed E-state index contributed by atoms with van der Waals surface area (Å²) in [7, 11) is 0. The highest BCUT2D eigenvalue weighted by Crippen LogP contribution is 2.21. The Morgan fingerprint density at radius 2 is 2.20 bits per heavy atom. The third-order valence-electron chi connectivity index (χ3n) is 2.65. The van der Waals surface area contributed by atoms with Crippen molar-refractivity contribution >= 4 is 45.5 Å². The molecule has 0 aliphatic heterocycles. The summed E-state index contributed by atoms with van der Waals surface area (Å²) in [6, 6.07) is 9.33. The molecule has 0 fully saturated rings. The lowest BCUT2D eigenvalue weighted by atomic mass is 10.2. The van der Waals surface area contributed by atoms with Crippen LogP contribution in [0.2, 0.25) is 0 Å². The minimum Gasteiger partial charge on any atom is -0.320 e. The minimum absolute atomic E-state index is 0.128. The number of thiophene rings is 1. The van der Waals surface area contributed by atoms with Gasteiger partial charge in [0.15, 0.2) is 0 Å². The maximum absolute atomic E-state index is 12.2. The van der Waals surface area contributed by atoms with Gasteiger partial charge < -0.3 is 5.32 Å². The number of carbonyl (C=O) groups excluding carboxylic acids is 1. The van der Waals surface area contributed by atoms with Crippen molar-refractivity contribution in [1.29, 1.82) is 0 Å². The van der Waals surface area contributed by atoms with Crippen LogP contribution < -0.4 is 5.32 Å². The van der Waals surface area contributed by atoms with E-state index in [9.17, 15) is 4.79 Å². The van der Waals surface area contributed by atoms with Crippen molar-refractivity contribution in [2.45, 2.75) is 0 Å². The van der Waals surface area contributed by atoms with Gasteiger partial charge in [-0.3, -0.25) is 4.79 Å². The Kier molecular flexibility index (Phi) is 3.79.